The number of fused-ring (bicyclic) bond motifs is 1. The topological polar surface area (TPSA) is 22.1 Å². The summed E-state index contributed by atoms with van der Waals surface area (Å²) in [6.45, 7) is 3.82. The molecule has 0 amide bonds. The van der Waals surface area contributed by atoms with Gasteiger partial charge in [0.1, 0.15) is 22.9 Å². The van der Waals surface area contributed by atoms with Crippen molar-refractivity contribution in [2.45, 2.75) is 0 Å². The molecule has 3 rings (SSSR count). The quantitative estimate of drug-likeness (QED) is 0.681. The highest BCUT2D eigenvalue weighted by molar-refractivity contribution is 6.55. The zero-order valence-corrected chi connectivity index (χ0v) is 11.7. The number of hydrogen-bond donors (Lipinski definition) is 0. The lowest BCUT2D eigenvalue weighted by atomic mass is 9.83. The number of rotatable bonds is 4. The second kappa shape index (κ2) is 5.97. The van der Waals surface area contributed by atoms with Gasteiger partial charge in [-0.25, -0.2) is 8.78 Å². The Morgan fingerprint density at radius 3 is 2.55 bits per heavy atom. The van der Waals surface area contributed by atoms with Gasteiger partial charge in [-0.2, -0.15) is 0 Å². The highest BCUT2D eigenvalue weighted by atomic mass is 19.1. The van der Waals surface area contributed by atoms with Gasteiger partial charge in [-0.15, -0.1) is 6.58 Å². The zero-order valence-electron chi connectivity index (χ0n) is 11.7. The lowest BCUT2D eigenvalue weighted by molar-refractivity contribution is 0.582. The molecule has 0 fully saturated rings. The fourth-order valence-corrected chi connectivity index (χ4v) is 2.20. The molecular weight excluding hydrogens is 283 g/mol. The Balaban J connectivity index is 1.80. The lowest BCUT2D eigenvalue weighted by Gasteiger charge is -2.10. The number of hydrogen-bond acceptors (Lipinski definition) is 2. The molecule has 3 aromatic rings. The van der Waals surface area contributed by atoms with Crippen LogP contribution in [-0.2, 0) is 0 Å². The Labute approximate surface area is 127 Å². The van der Waals surface area contributed by atoms with Gasteiger partial charge in [0.15, 0.2) is 0 Å². The first-order valence-electron chi connectivity index (χ1n) is 6.74. The van der Waals surface area contributed by atoms with Gasteiger partial charge in [0.05, 0.1) is 0 Å². The number of pyridine rings is 1. The molecular formula is C17H12BF2NO. The Kier molecular flexibility index (Phi) is 3.87. The summed E-state index contributed by atoms with van der Waals surface area (Å²) in [7, 11) is 0.124. The minimum Gasteiger partial charge on any atom is -0.558 e. The summed E-state index contributed by atoms with van der Waals surface area (Å²) >= 11 is 0. The predicted molar refractivity (Wildman–Crippen MR) is 84.9 cm³/mol. The van der Waals surface area contributed by atoms with E-state index in [1.165, 1.54) is 12.1 Å². The molecule has 0 bridgehead atoms. The summed E-state index contributed by atoms with van der Waals surface area (Å²) in [5.74, 6) is -0.665. The van der Waals surface area contributed by atoms with E-state index in [2.05, 4.69) is 11.6 Å². The van der Waals surface area contributed by atoms with Crippen LogP contribution in [0.3, 0.4) is 0 Å². The lowest BCUT2D eigenvalue weighted by Crippen LogP contribution is -2.06. The number of para-hydroxylation sites is 1. The highest BCUT2D eigenvalue weighted by Crippen LogP contribution is 2.24. The molecule has 0 unspecified atom stereocenters. The first-order chi connectivity index (χ1) is 10.6. The molecule has 0 aliphatic heterocycles. The van der Waals surface area contributed by atoms with Crippen LogP contribution in [0.4, 0.5) is 8.78 Å². The van der Waals surface area contributed by atoms with Crippen molar-refractivity contribution in [2.75, 3.05) is 0 Å². The number of benzene rings is 2. The van der Waals surface area contributed by atoms with Crippen LogP contribution in [0.2, 0.25) is 0 Å². The first-order valence-corrected chi connectivity index (χ1v) is 6.74. The van der Waals surface area contributed by atoms with Crippen molar-refractivity contribution in [1.82, 2.24) is 4.98 Å². The van der Waals surface area contributed by atoms with E-state index >= 15 is 0 Å². The van der Waals surface area contributed by atoms with Crippen LogP contribution in [0, 0.1) is 11.6 Å². The van der Waals surface area contributed by atoms with Gasteiger partial charge >= 0.3 is 7.48 Å². The van der Waals surface area contributed by atoms with Crippen molar-refractivity contribution < 1.29 is 13.4 Å². The fraction of sp³-hybridized carbons (Fsp3) is 0. The summed E-state index contributed by atoms with van der Waals surface area (Å²) in [5.41, 5.74) is 1.61. The third-order valence-corrected chi connectivity index (χ3v) is 3.27. The van der Waals surface area contributed by atoms with Crippen LogP contribution in [-0.4, -0.2) is 12.5 Å². The molecule has 0 saturated heterocycles. The molecule has 0 saturated carbocycles. The predicted octanol–water partition coefficient (Wildman–Crippen LogP) is 3.91. The molecule has 1 aromatic heterocycles. The molecule has 0 radical (unpaired) electrons. The molecule has 0 aliphatic carbocycles. The van der Waals surface area contributed by atoms with E-state index in [1.54, 1.807) is 12.3 Å². The normalized spacial score (nSPS) is 10.5. The molecule has 1 heterocycles. The maximum Gasteiger partial charge on any atom is 0.374 e. The zero-order chi connectivity index (χ0) is 15.5. The van der Waals surface area contributed by atoms with Crippen LogP contribution < -0.4 is 4.65 Å². The number of aromatic nitrogens is 1. The van der Waals surface area contributed by atoms with Gasteiger partial charge in [-0.3, -0.25) is 4.98 Å². The summed E-state index contributed by atoms with van der Waals surface area (Å²) < 4.78 is 32.2. The molecule has 5 heteroatoms. The summed E-state index contributed by atoms with van der Waals surface area (Å²) in [5, 5.41) is 0.961. The molecule has 0 spiro atoms. The number of nitrogens with zero attached hydrogens (tertiary/aromatic N) is 1. The van der Waals surface area contributed by atoms with Crippen molar-refractivity contribution >= 4 is 23.9 Å². The smallest absolute Gasteiger partial charge is 0.374 e. The average molecular weight is 295 g/mol. The van der Waals surface area contributed by atoms with E-state index in [-0.39, 0.29) is 7.48 Å². The highest BCUT2D eigenvalue weighted by Gasteiger charge is 2.09. The third kappa shape index (κ3) is 2.98. The van der Waals surface area contributed by atoms with Crippen molar-refractivity contribution in [3.05, 3.63) is 78.5 Å². The molecule has 2 nitrogen and oxygen atoms in total. The third-order valence-electron chi connectivity index (χ3n) is 3.27. The van der Waals surface area contributed by atoms with Crippen molar-refractivity contribution in [3.63, 3.8) is 0 Å². The Morgan fingerprint density at radius 2 is 1.77 bits per heavy atom. The van der Waals surface area contributed by atoms with Gasteiger partial charge in [0, 0.05) is 17.6 Å². The minimum atomic E-state index is -0.636. The minimum absolute atomic E-state index is 0.124. The van der Waals surface area contributed by atoms with E-state index in [0.717, 1.165) is 17.0 Å². The molecule has 108 valence electrons. The second-order valence-corrected chi connectivity index (χ2v) is 4.88. The van der Waals surface area contributed by atoms with Crippen LogP contribution in [0.1, 0.15) is 5.56 Å². The fourth-order valence-electron chi connectivity index (χ4n) is 2.20. The second-order valence-electron chi connectivity index (χ2n) is 4.88. The summed E-state index contributed by atoms with van der Waals surface area (Å²) in [4.78, 5) is 4.29. The largest absolute Gasteiger partial charge is 0.558 e. The summed E-state index contributed by atoms with van der Waals surface area (Å²) in [6.07, 6.45) is 1.69. The monoisotopic (exact) mass is 295 g/mol. The van der Waals surface area contributed by atoms with Crippen molar-refractivity contribution in [1.29, 1.82) is 0 Å². The Hall–Kier alpha value is -2.69. The SMILES string of the molecule is C=C(BOc1cccc2cccnc12)c1cc(F)cc(F)c1. The van der Waals surface area contributed by atoms with Crippen LogP contribution in [0.15, 0.2) is 61.3 Å². The van der Waals surface area contributed by atoms with E-state index < -0.39 is 11.6 Å². The van der Waals surface area contributed by atoms with E-state index in [1.807, 2.05) is 24.3 Å². The van der Waals surface area contributed by atoms with Crippen LogP contribution in [0.5, 0.6) is 5.75 Å². The van der Waals surface area contributed by atoms with Gasteiger partial charge in [0.2, 0.25) is 0 Å². The molecule has 2 aromatic carbocycles. The number of halogens is 2. The van der Waals surface area contributed by atoms with Gasteiger partial charge < -0.3 is 4.65 Å². The summed E-state index contributed by atoms with van der Waals surface area (Å²) in [6, 6.07) is 12.7. The van der Waals surface area contributed by atoms with Crippen molar-refractivity contribution in [2.24, 2.45) is 0 Å². The van der Waals surface area contributed by atoms with Crippen LogP contribution in [0.25, 0.3) is 16.4 Å². The molecule has 0 N–H and O–H groups in total. The average Bonchev–Trinajstić information content (AvgIpc) is 2.51. The van der Waals surface area contributed by atoms with Crippen LogP contribution >= 0.6 is 0 Å². The molecule has 0 atom stereocenters. The molecule has 22 heavy (non-hydrogen) atoms. The van der Waals surface area contributed by atoms with E-state index in [0.29, 0.717) is 16.8 Å². The van der Waals surface area contributed by atoms with E-state index in [9.17, 15) is 8.78 Å². The maximum atomic E-state index is 13.2. The van der Waals surface area contributed by atoms with E-state index in [4.69, 9.17) is 4.65 Å². The van der Waals surface area contributed by atoms with Crippen molar-refractivity contribution in [3.8, 4) is 5.75 Å². The van der Waals surface area contributed by atoms with Gasteiger partial charge in [-0.1, -0.05) is 18.2 Å². The van der Waals surface area contributed by atoms with Gasteiger partial charge in [-0.05, 0) is 35.3 Å². The molecule has 0 aliphatic rings. The van der Waals surface area contributed by atoms with Gasteiger partial charge in [0.25, 0.3) is 0 Å². The first kappa shape index (κ1) is 14.3. The maximum absolute atomic E-state index is 13.2. The Morgan fingerprint density at radius 1 is 1.05 bits per heavy atom. The standard InChI is InChI=1S/C17H12BF2NO/c1-11(13-8-14(19)10-15(20)9-13)18-22-16-6-2-4-12-5-3-7-21-17(12)16/h2-10,18H,1H2. The Bertz CT molecular complexity index is 825.